The van der Waals surface area contributed by atoms with E-state index in [0.29, 0.717) is 13.2 Å². The lowest BCUT2D eigenvalue weighted by molar-refractivity contribution is 0.115. The smallest absolute Gasteiger partial charge is 0.317 e. The minimum absolute atomic E-state index is 0.00881. The van der Waals surface area contributed by atoms with Crippen molar-refractivity contribution in [2.24, 2.45) is 0 Å². The van der Waals surface area contributed by atoms with Crippen LogP contribution >= 0.6 is 0 Å². The Morgan fingerprint density at radius 3 is 2.67 bits per heavy atom. The molecule has 2 aromatic carbocycles. The summed E-state index contributed by atoms with van der Waals surface area (Å²) in [6.45, 7) is 1.09. The van der Waals surface area contributed by atoms with Crippen molar-refractivity contribution in [1.29, 1.82) is 0 Å². The van der Waals surface area contributed by atoms with Crippen molar-refractivity contribution in [3.8, 4) is 0 Å². The van der Waals surface area contributed by atoms with E-state index >= 15 is 0 Å². The highest BCUT2D eigenvalue weighted by Crippen LogP contribution is 2.17. The number of nitrogens with one attached hydrogen (secondary N) is 2. The number of likely N-dealkylation sites (N-methyl/N-ethyl adjacent to an activating group) is 1. The summed E-state index contributed by atoms with van der Waals surface area (Å²) in [6, 6.07) is 18.3. The molecule has 0 radical (unpaired) electrons. The van der Waals surface area contributed by atoms with Gasteiger partial charge >= 0.3 is 6.03 Å². The normalized spacial score (nSPS) is 12.1. The van der Waals surface area contributed by atoms with Gasteiger partial charge < -0.3 is 19.9 Å². The molecule has 1 aromatic heterocycles. The molecule has 0 unspecified atom stereocenters. The highest BCUT2D eigenvalue weighted by atomic mass is 16.5. The minimum Gasteiger partial charge on any atom is -0.383 e. The van der Waals surface area contributed by atoms with Crippen molar-refractivity contribution >= 4 is 16.9 Å². The molecule has 0 saturated heterocycles. The monoisotopic (exact) mass is 365 g/mol. The second-order valence-corrected chi connectivity index (χ2v) is 6.75. The number of hydrogen-bond acceptors (Lipinski definition) is 2. The molecular formula is C22H27N3O2. The van der Waals surface area contributed by atoms with Gasteiger partial charge in [-0.1, -0.05) is 48.5 Å². The van der Waals surface area contributed by atoms with Crippen LogP contribution in [0, 0.1) is 0 Å². The number of H-pyrrole nitrogens is 1. The van der Waals surface area contributed by atoms with Crippen LogP contribution in [0.25, 0.3) is 10.9 Å². The molecule has 1 atom stereocenters. The Kier molecular flexibility index (Phi) is 6.49. The zero-order chi connectivity index (χ0) is 19.1. The number of methoxy groups -OCH3 is 1. The van der Waals surface area contributed by atoms with Gasteiger partial charge in [-0.15, -0.1) is 0 Å². The average molecular weight is 365 g/mol. The zero-order valence-electron chi connectivity index (χ0n) is 15.9. The maximum atomic E-state index is 12.6. The van der Waals surface area contributed by atoms with E-state index in [9.17, 15) is 4.79 Å². The third-order valence-corrected chi connectivity index (χ3v) is 4.89. The molecule has 0 bridgehead atoms. The summed E-state index contributed by atoms with van der Waals surface area (Å²) in [4.78, 5) is 17.6. The van der Waals surface area contributed by atoms with Gasteiger partial charge in [0.15, 0.2) is 0 Å². The first-order valence-corrected chi connectivity index (χ1v) is 9.27. The van der Waals surface area contributed by atoms with E-state index in [0.717, 1.165) is 18.4 Å². The van der Waals surface area contributed by atoms with Gasteiger partial charge in [0.05, 0.1) is 12.6 Å². The number of para-hydroxylation sites is 1. The lowest BCUT2D eigenvalue weighted by Gasteiger charge is -2.28. The summed E-state index contributed by atoms with van der Waals surface area (Å²) in [5.74, 6) is 0. The highest BCUT2D eigenvalue weighted by Gasteiger charge is 2.20. The largest absolute Gasteiger partial charge is 0.383 e. The number of aromatic amines is 1. The molecule has 1 heterocycles. The third-order valence-electron chi connectivity index (χ3n) is 4.89. The van der Waals surface area contributed by atoms with E-state index in [1.165, 1.54) is 16.5 Å². The van der Waals surface area contributed by atoms with Crippen LogP contribution in [0.3, 0.4) is 0 Å². The molecule has 0 aliphatic heterocycles. The Hall–Kier alpha value is -2.79. The van der Waals surface area contributed by atoms with Gasteiger partial charge in [0.25, 0.3) is 0 Å². The number of aromatic nitrogens is 1. The topological polar surface area (TPSA) is 57.4 Å². The quantitative estimate of drug-likeness (QED) is 0.641. The third kappa shape index (κ3) is 4.89. The Morgan fingerprint density at radius 1 is 1.15 bits per heavy atom. The van der Waals surface area contributed by atoms with Gasteiger partial charge in [-0.25, -0.2) is 4.79 Å². The van der Waals surface area contributed by atoms with Crippen molar-refractivity contribution in [2.75, 3.05) is 27.3 Å². The molecule has 2 N–H and O–H groups in total. The second-order valence-electron chi connectivity index (χ2n) is 6.75. The number of urea groups is 1. The summed E-state index contributed by atoms with van der Waals surface area (Å²) in [5, 5.41) is 4.24. The lowest BCUT2D eigenvalue weighted by atomic mass is 10.1. The molecule has 3 aromatic rings. The Balaban J connectivity index is 1.55. The predicted octanol–water partition coefficient (Wildman–Crippen LogP) is 3.61. The van der Waals surface area contributed by atoms with E-state index in [1.807, 2.05) is 43.6 Å². The molecule has 0 saturated carbocycles. The van der Waals surface area contributed by atoms with Crippen LogP contribution in [-0.4, -0.2) is 49.3 Å². The molecule has 0 fully saturated rings. The van der Waals surface area contributed by atoms with Gasteiger partial charge in [0.2, 0.25) is 0 Å². The number of carbonyl (C=O) groups excluding carboxylic acids is 1. The Bertz CT molecular complexity index is 860. The molecule has 2 amide bonds. The number of benzene rings is 2. The minimum atomic E-state index is -0.0761. The van der Waals surface area contributed by atoms with Crippen LogP contribution in [-0.2, 0) is 17.6 Å². The van der Waals surface area contributed by atoms with E-state index in [1.54, 1.807) is 12.0 Å². The van der Waals surface area contributed by atoms with Crippen molar-refractivity contribution in [1.82, 2.24) is 15.2 Å². The van der Waals surface area contributed by atoms with Crippen LogP contribution in [0.1, 0.15) is 11.1 Å². The van der Waals surface area contributed by atoms with Gasteiger partial charge in [-0.2, -0.15) is 0 Å². The lowest BCUT2D eigenvalue weighted by Crippen LogP contribution is -2.47. The maximum absolute atomic E-state index is 12.6. The van der Waals surface area contributed by atoms with Crippen molar-refractivity contribution in [3.05, 3.63) is 71.9 Å². The number of ether oxygens (including phenoxy) is 1. The molecule has 0 spiro atoms. The van der Waals surface area contributed by atoms with Crippen LogP contribution in [0.2, 0.25) is 0 Å². The van der Waals surface area contributed by atoms with Crippen LogP contribution in [0.4, 0.5) is 4.79 Å². The van der Waals surface area contributed by atoms with Crippen molar-refractivity contribution in [2.45, 2.75) is 18.9 Å². The molecule has 27 heavy (non-hydrogen) atoms. The fraction of sp³-hybridized carbons (Fsp3) is 0.318. The van der Waals surface area contributed by atoms with E-state index in [2.05, 4.69) is 34.6 Å². The molecule has 142 valence electrons. The predicted molar refractivity (Wildman–Crippen MR) is 109 cm³/mol. The summed E-state index contributed by atoms with van der Waals surface area (Å²) < 4.78 is 5.33. The Morgan fingerprint density at radius 2 is 1.89 bits per heavy atom. The molecule has 3 rings (SSSR count). The van der Waals surface area contributed by atoms with Gasteiger partial charge in [0, 0.05) is 37.8 Å². The van der Waals surface area contributed by atoms with E-state index in [4.69, 9.17) is 4.74 Å². The standard InChI is InChI=1S/C22H27N3O2/c1-25(19(16-27-2)14-17-8-4-3-5-9-17)22(26)23-13-12-18-15-24-21-11-7-6-10-20(18)21/h3-11,15,19,24H,12-14,16H2,1-2H3,(H,23,26)/t19-/m1/s1. The van der Waals surface area contributed by atoms with Crippen LogP contribution in [0.15, 0.2) is 60.8 Å². The van der Waals surface area contributed by atoms with Crippen molar-refractivity contribution < 1.29 is 9.53 Å². The summed E-state index contributed by atoms with van der Waals surface area (Å²) in [6.07, 6.45) is 3.57. The number of amides is 2. The van der Waals surface area contributed by atoms with Gasteiger partial charge in [-0.3, -0.25) is 0 Å². The fourth-order valence-corrected chi connectivity index (χ4v) is 3.32. The highest BCUT2D eigenvalue weighted by molar-refractivity contribution is 5.83. The molecule has 0 aliphatic rings. The second kappa shape index (κ2) is 9.24. The van der Waals surface area contributed by atoms with Crippen LogP contribution in [0.5, 0.6) is 0 Å². The number of carbonyl (C=O) groups is 1. The first-order chi connectivity index (χ1) is 13.2. The SMILES string of the molecule is COC[C@@H](Cc1ccccc1)N(C)C(=O)NCCc1c[nH]c2ccccc12. The van der Waals surface area contributed by atoms with Gasteiger partial charge in [0.1, 0.15) is 0 Å². The summed E-state index contributed by atoms with van der Waals surface area (Å²) >= 11 is 0. The number of fused-ring (bicyclic) bond motifs is 1. The maximum Gasteiger partial charge on any atom is 0.317 e. The van der Waals surface area contributed by atoms with E-state index < -0.39 is 0 Å². The van der Waals surface area contributed by atoms with Crippen LogP contribution < -0.4 is 5.32 Å². The summed E-state index contributed by atoms with van der Waals surface area (Å²) in [7, 11) is 3.49. The first-order valence-electron chi connectivity index (χ1n) is 9.27. The number of nitrogens with zero attached hydrogens (tertiary/aromatic N) is 1. The van der Waals surface area contributed by atoms with Gasteiger partial charge in [-0.05, 0) is 30.0 Å². The molecule has 5 nitrogen and oxygen atoms in total. The molecular weight excluding hydrogens is 338 g/mol. The molecule has 5 heteroatoms. The van der Waals surface area contributed by atoms with E-state index in [-0.39, 0.29) is 12.1 Å². The zero-order valence-corrected chi connectivity index (χ0v) is 15.9. The number of hydrogen-bond donors (Lipinski definition) is 2. The Labute approximate surface area is 160 Å². The van der Waals surface area contributed by atoms with Crippen molar-refractivity contribution in [3.63, 3.8) is 0 Å². The summed E-state index contributed by atoms with van der Waals surface area (Å²) in [5.41, 5.74) is 3.53. The fourth-order valence-electron chi connectivity index (χ4n) is 3.32. The average Bonchev–Trinajstić information content (AvgIpc) is 3.11. The first kappa shape index (κ1) is 19.0. The number of rotatable bonds is 8. The molecule has 0 aliphatic carbocycles.